The molecule has 0 amide bonds. The van der Waals surface area contributed by atoms with E-state index in [9.17, 15) is 0 Å². The highest BCUT2D eigenvalue weighted by atomic mass is 16.5. The lowest BCUT2D eigenvalue weighted by Gasteiger charge is -2.29. The Labute approximate surface area is 116 Å². The van der Waals surface area contributed by atoms with E-state index in [1.54, 1.807) is 14.2 Å². The summed E-state index contributed by atoms with van der Waals surface area (Å²) in [6, 6.07) is 4.85. The average Bonchev–Trinajstić information content (AvgIpc) is 2.31. The molecule has 1 aromatic carbocycles. The normalized spacial score (nSPS) is 18.9. The largest absolute Gasteiger partial charge is 0.496 e. The van der Waals surface area contributed by atoms with Gasteiger partial charge in [0, 0.05) is 11.6 Å². The number of benzene rings is 1. The van der Waals surface area contributed by atoms with Gasteiger partial charge in [-0.05, 0) is 42.5 Å². The molecule has 1 aliphatic heterocycles. The number of rotatable bonds is 4. The van der Waals surface area contributed by atoms with Gasteiger partial charge in [0.25, 0.3) is 0 Å². The maximum atomic E-state index is 5.57. The summed E-state index contributed by atoms with van der Waals surface area (Å²) in [6.45, 7) is 7.70. The van der Waals surface area contributed by atoms with Crippen LogP contribution in [0.25, 0.3) is 0 Å². The highest BCUT2D eigenvalue weighted by molar-refractivity contribution is 5.49. The molecule has 0 radical (unpaired) electrons. The molecule has 0 bridgehead atoms. The van der Waals surface area contributed by atoms with Gasteiger partial charge in [-0.1, -0.05) is 20.8 Å². The molecule has 3 heteroatoms. The molecule has 19 heavy (non-hydrogen) atoms. The molecule has 2 rings (SSSR count). The molecule has 1 fully saturated rings. The van der Waals surface area contributed by atoms with Gasteiger partial charge >= 0.3 is 0 Å². The summed E-state index contributed by atoms with van der Waals surface area (Å²) < 4.78 is 11.1. The minimum atomic E-state index is 0.0475. The summed E-state index contributed by atoms with van der Waals surface area (Å²) in [6.07, 6.45) is 2.25. The molecule has 1 aliphatic rings. The first-order valence-electron chi connectivity index (χ1n) is 6.94. The predicted octanol–water partition coefficient (Wildman–Crippen LogP) is 2.91. The maximum absolute atomic E-state index is 5.57. The quantitative estimate of drug-likeness (QED) is 0.906. The van der Waals surface area contributed by atoms with E-state index in [-0.39, 0.29) is 5.41 Å². The van der Waals surface area contributed by atoms with Gasteiger partial charge in [0.2, 0.25) is 0 Å². The zero-order valence-electron chi connectivity index (χ0n) is 12.7. The van der Waals surface area contributed by atoms with Crippen LogP contribution in [0.5, 0.6) is 11.5 Å². The fraction of sp³-hybridized carbons (Fsp3) is 0.625. The van der Waals surface area contributed by atoms with E-state index in [1.807, 2.05) is 0 Å². The summed E-state index contributed by atoms with van der Waals surface area (Å²) >= 11 is 0. The van der Waals surface area contributed by atoms with E-state index in [0.717, 1.165) is 24.5 Å². The summed E-state index contributed by atoms with van der Waals surface area (Å²) in [5.74, 6) is 1.93. The van der Waals surface area contributed by atoms with Crippen LogP contribution in [0, 0.1) is 0 Å². The van der Waals surface area contributed by atoms with Gasteiger partial charge in [0.1, 0.15) is 11.5 Å². The van der Waals surface area contributed by atoms with Gasteiger partial charge < -0.3 is 14.8 Å². The Balaban J connectivity index is 2.37. The Bertz CT molecular complexity index is 445. The molecular weight excluding hydrogens is 238 g/mol. The van der Waals surface area contributed by atoms with Crippen molar-refractivity contribution in [2.24, 2.45) is 0 Å². The molecule has 0 saturated carbocycles. The van der Waals surface area contributed by atoms with Crippen LogP contribution in [-0.2, 0) is 11.8 Å². The molecule has 106 valence electrons. The third-order valence-electron chi connectivity index (χ3n) is 3.80. The van der Waals surface area contributed by atoms with Gasteiger partial charge in [-0.15, -0.1) is 0 Å². The van der Waals surface area contributed by atoms with Crippen LogP contribution in [0.3, 0.4) is 0 Å². The summed E-state index contributed by atoms with van der Waals surface area (Å²) in [7, 11) is 3.48. The van der Waals surface area contributed by atoms with Crippen molar-refractivity contribution in [3.05, 3.63) is 23.3 Å². The Hall–Kier alpha value is -1.22. The van der Waals surface area contributed by atoms with Gasteiger partial charge in [-0.3, -0.25) is 0 Å². The summed E-state index contributed by atoms with van der Waals surface area (Å²) in [5.41, 5.74) is 2.47. The standard InChI is InChI=1S/C16H25NO2/c1-16(2,3)13-10-14(18-4)11(9-15(13)19-5)8-12-6-7-17-12/h9-10,12,17H,6-8H2,1-5H3. The third kappa shape index (κ3) is 3.03. The van der Waals surface area contributed by atoms with Crippen molar-refractivity contribution in [3.8, 4) is 11.5 Å². The third-order valence-corrected chi connectivity index (χ3v) is 3.80. The van der Waals surface area contributed by atoms with E-state index in [1.165, 1.54) is 17.5 Å². The Kier molecular flexibility index (Phi) is 4.04. The van der Waals surface area contributed by atoms with Crippen LogP contribution in [0.15, 0.2) is 12.1 Å². The molecule has 0 aromatic heterocycles. The smallest absolute Gasteiger partial charge is 0.123 e. The molecule has 1 unspecified atom stereocenters. The second kappa shape index (κ2) is 5.41. The second-order valence-corrected chi connectivity index (χ2v) is 6.26. The van der Waals surface area contributed by atoms with Crippen molar-refractivity contribution in [1.82, 2.24) is 5.32 Å². The van der Waals surface area contributed by atoms with Crippen LogP contribution in [0.1, 0.15) is 38.3 Å². The van der Waals surface area contributed by atoms with Gasteiger partial charge in [-0.25, -0.2) is 0 Å². The molecule has 0 aliphatic carbocycles. The lowest BCUT2D eigenvalue weighted by Crippen LogP contribution is -2.44. The minimum absolute atomic E-state index is 0.0475. The summed E-state index contributed by atoms with van der Waals surface area (Å²) in [4.78, 5) is 0. The lowest BCUT2D eigenvalue weighted by atomic mass is 9.84. The van der Waals surface area contributed by atoms with E-state index in [0.29, 0.717) is 6.04 Å². The zero-order valence-corrected chi connectivity index (χ0v) is 12.7. The van der Waals surface area contributed by atoms with E-state index >= 15 is 0 Å². The zero-order chi connectivity index (χ0) is 14.0. The van der Waals surface area contributed by atoms with E-state index in [2.05, 4.69) is 38.2 Å². The highest BCUT2D eigenvalue weighted by Crippen LogP contribution is 2.37. The average molecular weight is 263 g/mol. The van der Waals surface area contributed by atoms with E-state index < -0.39 is 0 Å². The first-order chi connectivity index (χ1) is 8.95. The SMILES string of the molecule is COc1cc(C(C)(C)C)c(OC)cc1CC1CCN1. The topological polar surface area (TPSA) is 30.5 Å². The van der Waals surface area contributed by atoms with Gasteiger partial charge in [-0.2, -0.15) is 0 Å². The Morgan fingerprint density at radius 2 is 1.79 bits per heavy atom. The second-order valence-electron chi connectivity index (χ2n) is 6.26. The minimum Gasteiger partial charge on any atom is -0.496 e. The van der Waals surface area contributed by atoms with Crippen molar-refractivity contribution in [2.45, 2.75) is 45.1 Å². The number of hydrogen-bond donors (Lipinski definition) is 1. The van der Waals surface area contributed by atoms with Gasteiger partial charge in [0.15, 0.2) is 0 Å². The first-order valence-corrected chi connectivity index (χ1v) is 6.94. The number of methoxy groups -OCH3 is 2. The molecular formula is C16H25NO2. The highest BCUT2D eigenvalue weighted by Gasteiger charge is 2.24. The lowest BCUT2D eigenvalue weighted by molar-refractivity contribution is 0.354. The molecule has 1 saturated heterocycles. The van der Waals surface area contributed by atoms with Crippen molar-refractivity contribution >= 4 is 0 Å². The summed E-state index contributed by atoms with van der Waals surface area (Å²) in [5, 5.41) is 3.43. The number of hydrogen-bond acceptors (Lipinski definition) is 3. The molecule has 3 nitrogen and oxygen atoms in total. The maximum Gasteiger partial charge on any atom is 0.123 e. The Morgan fingerprint density at radius 3 is 2.21 bits per heavy atom. The van der Waals surface area contributed by atoms with Crippen molar-refractivity contribution in [2.75, 3.05) is 20.8 Å². The fourth-order valence-electron chi connectivity index (χ4n) is 2.49. The van der Waals surface area contributed by atoms with Gasteiger partial charge in [0.05, 0.1) is 14.2 Å². The van der Waals surface area contributed by atoms with Crippen LogP contribution < -0.4 is 14.8 Å². The fourth-order valence-corrected chi connectivity index (χ4v) is 2.49. The first kappa shape index (κ1) is 14.2. The molecule has 1 N–H and O–H groups in total. The van der Waals surface area contributed by atoms with Crippen molar-refractivity contribution in [1.29, 1.82) is 0 Å². The van der Waals surface area contributed by atoms with Crippen molar-refractivity contribution < 1.29 is 9.47 Å². The predicted molar refractivity (Wildman–Crippen MR) is 78.4 cm³/mol. The molecule has 1 heterocycles. The number of nitrogens with one attached hydrogen (secondary N) is 1. The van der Waals surface area contributed by atoms with Crippen LogP contribution in [-0.4, -0.2) is 26.8 Å². The van der Waals surface area contributed by atoms with Crippen molar-refractivity contribution in [3.63, 3.8) is 0 Å². The Morgan fingerprint density at radius 1 is 1.16 bits per heavy atom. The van der Waals surface area contributed by atoms with Crippen LogP contribution in [0.2, 0.25) is 0 Å². The molecule has 1 aromatic rings. The van der Waals surface area contributed by atoms with Crippen LogP contribution >= 0.6 is 0 Å². The number of ether oxygens (including phenoxy) is 2. The molecule has 0 spiro atoms. The van der Waals surface area contributed by atoms with Crippen LogP contribution in [0.4, 0.5) is 0 Å². The van der Waals surface area contributed by atoms with E-state index in [4.69, 9.17) is 9.47 Å². The molecule has 1 atom stereocenters. The monoisotopic (exact) mass is 263 g/mol.